The number of benzene rings is 1. The first kappa shape index (κ1) is 15.6. The smallest absolute Gasteiger partial charge is 0.404 e. The average Bonchev–Trinajstić information content (AvgIpc) is 2.40. The summed E-state index contributed by atoms with van der Waals surface area (Å²) in [7, 11) is 0. The Labute approximate surface area is 120 Å². The number of rotatable bonds is 4. The molecule has 21 heavy (non-hydrogen) atoms. The molecule has 0 bridgehead atoms. The van der Waals surface area contributed by atoms with E-state index in [9.17, 15) is 18.0 Å². The van der Waals surface area contributed by atoms with Crippen molar-refractivity contribution in [2.45, 2.75) is 6.36 Å². The van der Waals surface area contributed by atoms with Gasteiger partial charge >= 0.3 is 6.36 Å². The molecule has 2 rings (SSSR count). The first-order valence-electron chi connectivity index (χ1n) is 6.52. The van der Waals surface area contributed by atoms with Gasteiger partial charge in [0.15, 0.2) is 5.75 Å². The lowest BCUT2D eigenvalue weighted by molar-refractivity contribution is -0.274. The van der Waals surface area contributed by atoms with E-state index < -0.39 is 12.1 Å². The zero-order chi connectivity index (χ0) is 15.3. The summed E-state index contributed by atoms with van der Waals surface area (Å²) in [6, 6.07) is 5.47. The van der Waals surface area contributed by atoms with E-state index in [0.29, 0.717) is 0 Å². The number of para-hydroxylation sites is 2. The second-order valence-electron chi connectivity index (χ2n) is 4.62. The largest absolute Gasteiger partial charge is 0.573 e. The number of alkyl halides is 3. The second kappa shape index (κ2) is 6.77. The van der Waals surface area contributed by atoms with Gasteiger partial charge < -0.3 is 15.4 Å². The minimum absolute atomic E-state index is 0.00922. The zero-order valence-corrected chi connectivity index (χ0v) is 11.2. The summed E-state index contributed by atoms with van der Waals surface area (Å²) in [5.74, 6) is -0.784. The number of carbonyl (C=O) groups excluding carboxylic acids is 1. The molecule has 0 unspecified atom stereocenters. The number of amides is 1. The molecule has 1 aliphatic rings. The van der Waals surface area contributed by atoms with Crippen LogP contribution < -0.4 is 15.4 Å². The standard InChI is InChI=1S/C13H16F3N3O2/c14-13(15,16)21-11-4-2-1-3-10(11)18-12(20)9-19-7-5-17-6-8-19/h1-4,17H,5-9H2,(H,18,20). The van der Waals surface area contributed by atoms with Crippen LogP contribution in [0.15, 0.2) is 24.3 Å². The summed E-state index contributed by atoms with van der Waals surface area (Å²) in [5.41, 5.74) is 0.00922. The molecular weight excluding hydrogens is 287 g/mol. The van der Waals surface area contributed by atoms with Crippen LogP contribution in [0, 0.1) is 0 Å². The van der Waals surface area contributed by atoms with Crippen molar-refractivity contribution in [2.75, 3.05) is 38.0 Å². The van der Waals surface area contributed by atoms with Gasteiger partial charge in [-0.3, -0.25) is 9.69 Å². The van der Waals surface area contributed by atoms with Gasteiger partial charge in [-0.1, -0.05) is 12.1 Å². The molecule has 0 spiro atoms. The maximum absolute atomic E-state index is 12.3. The molecule has 0 aliphatic carbocycles. The molecule has 1 aromatic rings. The molecule has 1 aromatic carbocycles. The zero-order valence-electron chi connectivity index (χ0n) is 11.2. The van der Waals surface area contributed by atoms with Crippen molar-refractivity contribution >= 4 is 11.6 Å². The maximum atomic E-state index is 12.3. The first-order valence-corrected chi connectivity index (χ1v) is 6.52. The van der Waals surface area contributed by atoms with E-state index in [0.717, 1.165) is 32.2 Å². The van der Waals surface area contributed by atoms with Crippen molar-refractivity contribution in [3.05, 3.63) is 24.3 Å². The Hall–Kier alpha value is -1.80. The van der Waals surface area contributed by atoms with Gasteiger partial charge in [0.2, 0.25) is 5.91 Å². The Balaban J connectivity index is 1.96. The number of halogens is 3. The van der Waals surface area contributed by atoms with Gasteiger partial charge in [-0.25, -0.2) is 0 Å². The number of hydrogen-bond donors (Lipinski definition) is 2. The Bertz CT molecular complexity index is 488. The van der Waals surface area contributed by atoms with Crippen LogP contribution in [0.3, 0.4) is 0 Å². The highest BCUT2D eigenvalue weighted by atomic mass is 19.4. The van der Waals surface area contributed by atoms with E-state index in [1.807, 2.05) is 4.90 Å². The predicted molar refractivity (Wildman–Crippen MR) is 71.1 cm³/mol. The molecule has 1 fully saturated rings. The van der Waals surface area contributed by atoms with Gasteiger partial charge in [-0.2, -0.15) is 0 Å². The number of ether oxygens (including phenoxy) is 1. The molecule has 0 atom stereocenters. The van der Waals surface area contributed by atoms with Gasteiger partial charge in [0.05, 0.1) is 12.2 Å². The van der Waals surface area contributed by atoms with Crippen molar-refractivity contribution < 1.29 is 22.7 Å². The highest BCUT2D eigenvalue weighted by Gasteiger charge is 2.32. The third kappa shape index (κ3) is 5.24. The van der Waals surface area contributed by atoms with E-state index in [2.05, 4.69) is 15.4 Å². The summed E-state index contributed by atoms with van der Waals surface area (Å²) in [6.45, 7) is 3.19. The quantitative estimate of drug-likeness (QED) is 0.883. The molecule has 8 heteroatoms. The van der Waals surface area contributed by atoms with Crippen molar-refractivity contribution in [3.8, 4) is 5.75 Å². The lowest BCUT2D eigenvalue weighted by Gasteiger charge is -2.26. The second-order valence-corrected chi connectivity index (χ2v) is 4.62. The highest BCUT2D eigenvalue weighted by molar-refractivity contribution is 5.93. The number of carbonyl (C=O) groups is 1. The third-order valence-corrected chi connectivity index (χ3v) is 2.96. The summed E-state index contributed by atoms with van der Waals surface area (Å²) >= 11 is 0. The first-order chi connectivity index (χ1) is 9.94. The van der Waals surface area contributed by atoms with E-state index in [1.54, 1.807) is 0 Å². The van der Waals surface area contributed by atoms with Gasteiger partial charge in [0.1, 0.15) is 0 Å². The van der Waals surface area contributed by atoms with Gasteiger partial charge in [0, 0.05) is 26.2 Å². The van der Waals surface area contributed by atoms with Gasteiger partial charge in [0.25, 0.3) is 0 Å². The normalized spacial score (nSPS) is 16.5. The van der Waals surface area contributed by atoms with E-state index in [1.165, 1.54) is 18.2 Å². The van der Waals surface area contributed by atoms with Crippen molar-refractivity contribution in [1.82, 2.24) is 10.2 Å². The summed E-state index contributed by atoms with van der Waals surface area (Å²) < 4.78 is 40.7. The minimum Gasteiger partial charge on any atom is -0.404 e. The SMILES string of the molecule is O=C(CN1CCNCC1)Nc1ccccc1OC(F)(F)F. The molecule has 0 radical (unpaired) electrons. The summed E-state index contributed by atoms with van der Waals surface area (Å²) in [5, 5.41) is 5.61. The molecule has 1 aliphatic heterocycles. The molecule has 2 N–H and O–H groups in total. The molecule has 116 valence electrons. The number of nitrogens with zero attached hydrogens (tertiary/aromatic N) is 1. The van der Waals surface area contributed by atoms with E-state index in [-0.39, 0.29) is 18.1 Å². The maximum Gasteiger partial charge on any atom is 0.573 e. The van der Waals surface area contributed by atoms with E-state index >= 15 is 0 Å². The van der Waals surface area contributed by atoms with Crippen molar-refractivity contribution in [1.29, 1.82) is 0 Å². The number of piperazine rings is 1. The number of hydrogen-bond acceptors (Lipinski definition) is 4. The van der Waals surface area contributed by atoms with Crippen molar-refractivity contribution in [2.24, 2.45) is 0 Å². The number of nitrogens with one attached hydrogen (secondary N) is 2. The van der Waals surface area contributed by atoms with Crippen LogP contribution in [-0.4, -0.2) is 49.9 Å². The summed E-state index contributed by atoms with van der Waals surface area (Å²) in [4.78, 5) is 13.8. The summed E-state index contributed by atoms with van der Waals surface area (Å²) in [6.07, 6.45) is -4.79. The fourth-order valence-electron chi connectivity index (χ4n) is 2.05. The van der Waals surface area contributed by atoms with Crippen molar-refractivity contribution in [3.63, 3.8) is 0 Å². The van der Waals surface area contributed by atoms with Crippen LogP contribution in [0.2, 0.25) is 0 Å². The molecule has 1 amide bonds. The highest BCUT2D eigenvalue weighted by Crippen LogP contribution is 2.29. The average molecular weight is 303 g/mol. The Morgan fingerprint density at radius 2 is 1.95 bits per heavy atom. The van der Waals surface area contributed by atoms with Crippen LogP contribution in [0.25, 0.3) is 0 Å². The Morgan fingerprint density at radius 1 is 1.29 bits per heavy atom. The van der Waals surface area contributed by atoms with Crippen LogP contribution in [0.1, 0.15) is 0 Å². The molecule has 1 saturated heterocycles. The van der Waals surface area contributed by atoms with E-state index in [4.69, 9.17) is 0 Å². The van der Waals surface area contributed by atoms with Crippen LogP contribution >= 0.6 is 0 Å². The molecule has 0 saturated carbocycles. The fraction of sp³-hybridized carbons (Fsp3) is 0.462. The molecular formula is C13H16F3N3O2. The number of anilines is 1. The molecule has 1 heterocycles. The van der Waals surface area contributed by atoms with Crippen LogP contribution in [-0.2, 0) is 4.79 Å². The molecule has 0 aromatic heterocycles. The Kier molecular flexibility index (Phi) is 5.03. The monoisotopic (exact) mass is 303 g/mol. The molecule has 5 nitrogen and oxygen atoms in total. The topological polar surface area (TPSA) is 53.6 Å². The van der Waals surface area contributed by atoms with Crippen LogP contribution in [0.5, 0.6) is 5.75 Å². The Morgan fingerprint density at radius 3 is 2.62 bits per heavy atom. The van der Waals surface area contributed by atoms with Gasteiger partial charge in [-0.05, 0) is 12.1 Å². The van der Waals surface area contributed by atoms with Gasteiger partial charge in [-0.15, -0.1) is 13.2 Å². The lowest BCUT2D eigenvalue weighted by Crippen LogP contribution is -2.46. The lowest BCUT2D eigenvalue weighted by atomic mass is 10.3. The predicted octanol–water partition coefficient (Wildman–Crippen LogP) is 1.43. The minimum atomic E-state index is -4.79. The third-order valence-electron chi connectivity index (χ3n) is 2.96. The fourth-order valence-corrected chi connectivity index (χ4v) is 2.05. The van der Waals surface area contributed by atoms with Crippen LogP contribution in [0.4, 0.5) is 18.9 Å².